The lowest BCUT2D eigenvalue weighted by Gasteiger charge is -2.45. The maximum atomic E-state index is 12.2. The van der Waals surface area contributed by atoms with Gasteiger partial charge in [0.15, 0.2) is 5.82 Å². The van der Waals surface area contributed by atoms with Crippen molar-refractivity contribution >= 4 is 17.4 Å². The molecule has 1 aromatic rings. The third-order valence-corrected chi connectivity index (χ3v) is 3.30. The minimum Gasteiger partial charge on any atom is -0.394 e. The Labute approximate surface area is 101 Å². The number of amides is 1. The van der Waals surface area contributed by atoms with Gasteiger partial charge in [-0.3, -0.25) is 9.48 Å². The quantitative estimate of drug-likeness (QED) is 0.750. The van der Waals surface area contributed by atoms with Crippen molar-refractivity contribution in [2.75, 3.05) is 30.8 Å². The van der Waals surface area contributed by atoms with Crippen LogP contribution in [0.5, 0.6) is 0 Å². The number of hydrogen-bond acceptors (Lipinski definition) is 4. The van der Waals surface area contributed by atoms with Crippen LogP contribution >= 0.6 is 0 Å². The third kappa shape index (κ3) is 1.73. The number of rotatable bonds is 1. The number of nitrogen functional groups attached to an aromatic ring is 1. The van der Waals surface area contributed by atoms with Crippen molar-refractivity contribution in [2.24, 2.45) is 7.05 Å². The van der Waals surface area contributed by atoms with Crippen molar-refractivity contribution in [1.29, 1.82) is 0 Å². The summed E-state index contributed by atoms with van der Waals surface area (Å²) in [6.45, 7) is 5.24. The minimum absolute atomic E-state index is 0.0915. The van der Waals surface area contributed by atoms with Gasteiger partial charge in [-0.2, -0.15) is 5.10 Å². The summed E-state index contributed by atoms with van der Waals surface area (Å²) in [7, 11) is 3.65. The number of piperazine rings is 1. The van der Waals surface area contributed by atoms with E-state index in [4.69, 9.17) is 5.73 Å². The van der Waals surface area contributed by atoms with E-state index in [2.05, 4.69) is 5.10 Å². The molecule has 0 aliphatic carbocycles. The first-order valence-corrected chi connectivity index (χ1v) is 5.66. The Balaban J connectivity index is 2.39. The fraction of sp³-hybridized carbons (Fsp3) is 0.636. The van der Waals surface area contributed by atoms with Gasteiger partial charge in [-0.15, -0.1) is 0 Å². The molecule has 1 aromatic heterocycles. The van der Waals surface area contributed by atoms with Crippen LogP contribution in [0.1, 0.15) is 13.8 Å². The molecule has 1 amide bonds. The molecule has 6 heteroatoms. The highest BCUT2D eigenvalue weighted by Gasteiger charge is 2.42. The number of likely N-dealkylation sites (N-methyl/N-ethyl adjacent to an activating group) is 1. The van der Waals surface area contributed by atoms with E-state index in [1.807, 2.05) is 32.8 Å². The van der Waals surface area contributed by atoms with E-state index in [9.17, 15) is 4.79 Å². The molecule has 2 rings (SSSR count). The van der Waals surface area contributed by atoms with Gasteiger partial charge in [0.2, 0.25) is 5.91 Å². The Morgan fingerprint density at radius 1 is 1.35 bits per heavy atom. The molecule has 0 radical (unpaired) electrons. The number of carbonyl (C=O) groups excluding carboxylic acids is 1. The Morgan fingerprint density at radius 3 is 2.53 bits per heavy atom. The third-order valence-electron chi connectivity index (χ3n) is 3.30. The second-order valence-corrected chi connectivity index (χ2v) is 5.02. The number of carbonyl (C=O) groups is 1. The minimum atomic E-state index is -0.602. The molecule has 1 fully saturated rings. The van der Waals surface area contributed by atoms with Gasteiger partial charge in [-0.25, -0.2) is 0 Å². The molecule has 6 nitrogen and oxygen atoms in total. The fourth-order valence-corrected chi connectivity index (χ4v) is 2.29. The van der Waals surface area contributed by atoms with E-state index in [0.29, 0.717) is 18.1 Å². The molecule has 94 valence electrons. The number of nitrogens with zero attached hydrogens (tertiary/aromatic N) is 4. The SMILES string of the molecule is CN1CCN(c2nn(C)cc2N)C(C)(C)C1=O. The molecule has 0 aromatic carbocycles. The average molecular weight is 237 g/mol. The van der Waals surface area contributed by atoms with Crippen LogP contribution in [0.25, 0.3) is 0 Å². The number of nitrogens with two attached hydrogens (primary N) is 1. The zero-order valence-corrected chi connectivity index (χ0v) is 10.8. The summed E-state index contributed by atoms with van der Waals surface area (Å²) in [4.78, 5) is 15.9. The van der Waals surface area contributed by atoms with E-state index in [1.54, 1.807) is 15.8 Å². The molecule has 0 unspecified atom stereocenters. The second kappa shape index (κ2) is 3.65. The molecule has 17 heavy (non-hydrogen) atoms. The Bertz CT molecular complexity index is 451. The number of anilines is 2. The largest absolute Gasteiger partial charge is 0.394 e. The van der Waals surface area contributed by atoms with E-state index < -0.39 is 5.54 Å². The highest BCUT2D eigenvalue weighted by atomic mass is 16.2. The summed E-state index contributed by atoms with van der Waals surface area (Å²) in [6, 6.07) is 0. The van der Waals surface area contributed by atoms with Crippen LogP contribution in [0.15, 0.2) is 6.20 Å². The molecular weight excluding hydrogens is 218 g/mol. The predicted molar refractivity (Wildman–Crippen MR) is 66.7 cm³/mol. The highest BCUT2D eigenvalue weighted by Crippen LogP contribution is 2.30. The first-order chi connectivity index (χ1) is 7.84. The average Bonchev–Trinajstić information content (AvgIpc) is 2.55. The first kappa shape index (κ1) is 11.8. The van der Waals surface area contributed by atoms with E-state index in [0.717, 1.165) is 6.54 Å². The predicted octanol–water partition coefficient (Wildman–Crippen LogP) is 0.0593. The lowest BCUT2D eigenvalue weighted by Crippen LogP contribution is -2.62. The molecule has 2 N–H and O–H groups in total. The molecular formula is C11H19N5O. The van der Waals surface area contributed by atoms with Crippen molar-refractivity contribution < 1.29 is 4.79 Å². The summed E-state index contributed by atoms with van der Waals surface area (Å²) in [5, 5.41) is 4.34. The Hall–Kier alpha value is -1.72. The second-order valence-electron chi connectivity index (χ2n) is 5.02. The van der Waals surface area contributed by atoms with E-state index in [1.165, 1.54) is 0 Å². The van der Waals surface area contributed by atoms with Crippen LogP contribution in [0.4, 0.5) is 11.5 Å². The lowest BCUT2D eigenvalue weighted by atomic mass is 9.98. The Kier molecular flexibility index (Phi) is 2.52. The summed E-state index contributed by atoms with van der Waals surface area (Å²) in [6.07, 6.45) is 1.76. The highest BCUT2D eigenvalue weighted by molar-refractivity contribution is 5.91. The van der Waals surface area contributed by atoms with Gasteiger partial charge in [-0.1, -0.05) is 0 Å². The van der Waals surface area contributed by atoms with Crippen LogP contribution in [0, 0.1) is 0 Å². The molecule has 1 aliphatic rings. The van der Waals surface area contributed by atoms with Crippen molar-refractivity contribution in [2.45, 2.75) is 19.4 Å². The molecule has 0 bridgehead atoms. The van der Waals surface area contributed by atoms with Gasteiger partial charge in [-0.05, 0) is 13.8 Å². The molecule has 0 saturated carbocycles. The van der Waals surface area contributed by atoms with Crippen molar-refractivity contribution in [1.82, 2.24) is 14.7 Å². The lowest BCUT2D eigenvalue weighted by molar-refractivity contribution is -0.136. The maximum absolute atomic E-state index is 12.2. The van der Waals surface area contributed by atoms with Gasteiger partial charge >= 0.3 is 0 Å². The van der Waals surface area contributed by atoms with Crippen LogP contribution in [-0.2, 0) is 11.8 Å². The number of aryl methyl sites for hydroxylation is 1. The summed E-state index contributed by atoms with van der Waals surface area (Å²) in [5.41, 5.74) is 5.93. The van der Waals surface area contributed by atoms with Crippen LogP contribution in [0.3, 0.4) is 0 Å². The van der Waals surface area contributed by atoms with Crippen molar-refractivity contribution in [3.63, 3.8) is 0 Å². The topological polar surface area (TPSA) is 67.4 Å². The van der Waals surface area contributed by atoms with Crippen LogP contribution in [-0.4, -0.2) is 46.3 Å². The number of aromatic nitrogens is 2. The standard InChI is InChI=1S/C11H19N5O/c1-11(2)10(17)14(3)5-6-16(11)9-8(12)7-15(4)13-9/h7H,5-6,12H2,1-4H3. The van der Waals surface area contributed by atoms with Gasteiger partial charge in [0.1, 0.15) is 5.54 Å². The van der Waals surface area contributed by atoms with E-state index in [-0.39, 0.29) is 5.91 Å². The summed E-state index contributed by atoms with van der Waals surface area (Å²) in [5.74, 6) is 0.785. The zero-order valence-electron chi connectivity index (χ0n) is 10.8. The van der Waals surface area contributed by atoms with Gasteiger partial charge in [0, 0.05) is 33.4 Å². The van der Waals surface area contributed by atoms with Crippen molar-refractivity contribution in [3.05, 3.63) is 6.20 Å². The van der Waals surface area contributed by atoms with Crippen LogP contribution in [0.2, 0.25) is 0 Å². The zero-order chi connectivity index (χ0) is 12.8. The maximum Gasteiger partial charge on any atom is 0.247 e. The summed E-state index contributed by atoms with van der Waals surface area (Å²) < 4.78 is 1.67. The normalized spacial score (nSPS) is 19.9. The summed E-state index contributed by atoms with van der Waals surface area (Å²) >= 11 is 0. The van der Waals surface area contributed by atoms with Gasteiger partial charge in [0.05, 0.1) is 5.69 Å². The van der Waals surface area contributed by atoms with E-state index >= 15 is 0 Å². The fourth-order valence-electron chi connectivity index (χ4n) is 2.29. The molecule has 1 saturated heterocycles. The van der Waals surface area contributed by atoms with Gasteiger partial charge in [0.25, 0.3) is 0 Å². The molecule has 0 spiro atoms. The monoisotopic (exact) mass is 237 g/mol. The first-order valence-electron chi connectivity index (χ1n) is 5.66. The Morgan fingerprint density at radius 2 is 2.00 bits per heavy atom. The molecule has 0 atom stereocenters. The van der Waals surface area contributed by atoms with Crippen LogP contribution < -0.4 is 10.6 Å². The van der Waals surface area contributed by atoms with Gasteiger partial charge < -0.3 is 15.5 Å². The number of hydrogen-bond donors (Lipinski definition) is 1. The van der Waals surface area contributed by atoms with Crippen molar-refractivity contribution in [3.8, 4) is 0 Å². The molecule has 1 aliphatic heterocycles. The molecule has 2 heterocycles. The smallest absolute Gasteiger partial charge is 0.247 e.